The van der Waals surface area contributed by atoms with E-state index >= 15 is 0 Å². The molecule has 1 amide bonds. The fraction of sp³-hybridized carbons (Fsp3) is 0.316. The van der Waals surface area contributed by atoms with Gasteiger partial charge in [-0.3, -0.25) is 9.10 Å². The summed E-state index contributed by atoms with van der Waals surface area (Å²) in [5.74, 6) is 0.124. The van der Waals surface area contributed by atoms with Crippen molar-refractivity contribution in [3.8, 4) is 0 Å². The maximum atomic E-state index is 12.4. The largest absolute Gasteiger partial charge is 0.334 e. The molecule has 0 atom stereocenters. The lowest BCUT2D eigenvalue weighted by atomic mass is 10.2. The quantitative estimate of drug-likeness (QED) is 0.658. The van der Waals surface area contributed by atoms with Gasteiger partial charge in [0, 0.05) is 24.0 Å². The lowest BCUT2D eigenvalue weighted by Crippen LogP contribution is -2.28. The van der Waals surface area contributed by atoms with Crippen LogP contribution in [-0.4, -0.2) is 38.1 Å². The lowest BCUT2D eigenvalue weighted by molar-refractivity contribution is -0.126. The van der Waals surface area contributed by atoms with E-state index in [9.17, 15) is 13.2 Å². The van der Waals surface area contributed by atoms with Gasteiger partial charge in [-0.25, -0.2) is 8.42 Å². The average Bonchev–Trinajstić information content (AvgIpc) is 3.22. The Balaban J connectivity index is 1.65. The van der Waals surface area contributed by atoms with Crippen LogP contribution in [0.15, 0.2) is 42.5 Å². The molecule has 1 aliphatic heterocycles. The first kappa shape index (κ1) is 19.9. The molecule has 1 aromatic heterocycles. The third kappa shape index (κ3) is 4.91. The number of hydrogen-bond acceptors (Lipinski definition) is 4. The highest BCUT2D eigenvalue weighted by atomic mass is 35.5. The van der Waals surface area contributed by atoms with Crippen molar-refractivity contribution in [2.45, 2.75) is 19.9 Å². The van der Waals surface area contributed by atoms with E-state index in [-0.39, 0.29) is 11.7 Å². The van der Waals surface area contributed by atoms with Crippen LogP contribution in [-0.2, 0) is 21.4 Å². The molecule has 5 nitrogen and oxygen atoms in total. The number of likely N-dealkylation sites (N-methyl/N-ethyl adjacent to an activating group) is 1. The number of halogens is 1. The van der Waals surface area contributed by atoms with Crippen LogP contribution in [0.4, 0.5) is 5.69 Å². The van der Waals surface area contributed by atoms with Gasteiger partial charge in [0.2, 0.25) is 15.9 Å². The normalized spacial score (nSPS) is 16.1. The Morgan fingerprint density at radius 1 is 1.26 bits per heavy atom. The highest BCUT2D eigenvalue weighted by Crippen LogP contribution is 2.25. The van der Waals surface area contributed by atoms with E-state index in [0.717, 1.165) is 10.4 Å². The van der Waals surface area contributed by atoms with Crippen molar-refractivity contribution in [1.29, 1.82) is 0 Å². The van der Waals surface area contributed by atoms with Crippen LogP contribution < -0.4 is 4.31 Å². The van der Waals surface area contributed by atoms with E-state index in [1.54, 1.807) is 29.2 Å². The van der Waals surface area contributed by atoms with Crippen molar-refractivity contribution in [2.24, 2.45) is 0 Å². The smallest absolute Gasteiger partial charge is 0.246 e. The molecule has 1 saturated heterocycles. The summed E-state index contributed by atoms with van der Waals surface area (Å²) >= 11 is 7.42. The molecule has 8 heteroatoms. The second-order valence-corrected chi connectivity index (χ2v) is 10.0. The molecule has 0 unspecified atom stereocenters. The number of rotatable bonds is 6. The van der Waals surface area contributed by atoms with Crippen LogP contribution in [0.3, 0.4) is 0 Å². The van der Waals surface area contributed by atoms with Crippen molar-refractivity contribution < 1.29 is 13.2 Å². The summed E-state index contributed by atoms with van der Waals surface area (Å²) in [6.45, 7) is 3.59. The van der Waals surface area contributed by atoms with Gasteiger partial charge in [0.05, 0.1) is 22.3 Å². The number of anilines is 1. The molecule has 0 spiro atoms. The number of nitrogens with zero attached hydrogens (tertiary/aromatic N) is 2. The molecule has 0 radical (unpaired) electrons. The number of carbonyl (C=O) groups excluding carboxylic acids is 1. The Morgan fingerprint density at radius 3 is 2.56 bits per heavy atom. The molecule has 2 heterocycles. The van der Waals surface area contributed by atoms with E-state index in [1.807, 2.05) is 31.2 Å². The molecule has 144 valence electrons. The minimum absolute atomic E-state index is 0.0757. The van der Waals surface area contributed by atoms with Crippen molar-refractivity contribution in [2.75, 3.05) is 23.1 Å². The Hall–Kier alpha value is -1.83. The monoisotopic (exact) mass is 424 g/mol. The van der Waals surface area contributed by atoms with Gasteiger partial charge >= 0.3 is 0 Å². The second kappa shape index (κ2) is 8.46. The first-order chi connectivity index (χ1) is 12.9. The maximum Gasteiger partial charge on any atom is 0.246 e. The van der Waals surface area contributed by atoms with Gasteiger partial charge in [0.25, 0.3) is 0 Å². The van der Waals surface area contributed by atoms with Crippen LogP contribution in [0.1, 0.15) is 23.8 Å². The molecular formula is C19H21ClN2O3S2. The highest BCUT2D eigenvalue weighted by Gasteiger charge is 2.28. The zero-order valence-corrected chi connectivity index (χ0v) is 17.4. The van der Waals surface area contributed by atoms with E-state index in [2.05, 4.69) is 0 Å². The molecule has 1 fully saturated rings. The van der Waals surface area contributed by atoms with Gasteiger partial charge in [-0.1, -0.05) is 23.7 Å². The predicted octanol–water partition coefficient (Wildman–Crippen LogP) is 4.00. The molecule has 1 aliphatic rings. The molecule has 3 rings (SSSR count). The SMILES string of the molecule is CCN(Cc1ccc(Cl)s1)C(=O)C=Cc1ccc(N2CCCS2(=O)=O)cc1. The van der Waals surface area contributed by atoms with Crippen molar-refractivity contribution in [3.05, 3.63) is 57.3 Å². The first-order valence-electron chi connectivity index (χ1n) is 8.71. The van der Waals surface area contributed by atoms with E-state index in [0.29, 0.717) is 36.1 Å². The number of benzene rings is 1. The summed E-state index contributed by atoms with van der Waals surface area (Å²) in [5.41, 5.74) is 1.51. The zero-order valence-electron chi connectivity index (χ0n) is 15.0. The van der Waals surface area contributed by atoms with E-state index in [1.165, 1.54) is 15.6 Å². The number of thiophene rings is 1. The van der Waals surface area contributed by atoms with Gasteiger partial charge in [0.1, 0.15) is 0 Å². The van der Waals surface area contributed by atoms with Crippen molar-refractivity contribution in [3.63, 3.8) is 0 Å². The van der Waals surface area contributed by atoms with Crippen LogP contribution in [0.25, 0.3) is 6.08 Å². The summed E-state index contributed by atoms with van der Waals surface area (Å²) in [4.78, 5) is 15.2. The third-order valence-electron chi connectivity index (χ3n) is 4.37. The standard InChI is InChI=1S/C19H21ClN2O3S2/c1-2-21(14-17-9-10-18(20)26-17)19(23)11-6-15-4-7-16(8-5-15)22-12-3-13-27(22,24)25/h4-11H,2-3,12-14H2,1H3. The van der Waals surface area contributed by atoms with Crippen molar-refractivity contribution >= 4 is 50.6 Å². The Morgan fingerprint density at radius 2 is 2.00 bits per heavy atom. The van der Waals surface area contributed by atoms with Crippen molar-refractivity contribution in [1.82, 2.24) is 4.90 Å². The number of carbonyl (C=O) groups is 1. The van der Waals surface area contributed by atoms with Gasteiger partial charge in [-0.15, -0.1) is 11.3 Å². The topological polar surface area (TPSA) is 57.7 Å². The summed E-state index contributed by atoms with van der Waals surface area (Å²) in [6, 6.07) is 11.0. The van der Waals surface area contributed by atoms with E-state index in [4.69, 9.17) is 11.6 Å². The van der Waals surface area contributed by atoms with Crippen LogP contribution in [0.5, 0.6) is 0 Å². The third-order valence-corrected chi connectivity index (χ3v) is 7.45. The summed E-state index contributed by atoms with van der Waals surface area (Å²) in [6.07, 6.45) is 3.94. The predicted molar refractivity (Wildman–Crippen MR) is 112 cm³/mol. The second-order valence-electron chi connectivity index (χ2n) is 6.22. The number of amides is 1. The lowest BCUT2D eigenvalue weighted by Gasteiger charge is -2.18. The number of sulfonamides is 1. The molecular weight excluding hydrogens is 404 g/mol. The average molecular weight is 425 g/mol. The van der Waals surface area contributed by atoms with Gasteiger partial charge < -0.3 is 4.90 Å². The van der Waals surface area contributed by atoms with Gasteiger partial charge in [-0.05, 0) is 49.2 Å². The Kier molecular flexibility index (Phi) is 6.24. The maximum absolute atomic E-state index is 12.4. The molecule has 0 bridgehead atoms. The minimum Gasteiger partial charge on any atom is -0.334 e. The highest BCUT2D eigenvalue weighted by molar-refractivity contribution is 7.93. The molecule has 2 aromatic rings. The molecule has 27 heavy (non-hydrogen) atoms. The van der Waals surface area contributed by atoms with Gasteiger partial charge in [-0.2, -0.15) is 0 Å². The van der Waals surface area contributed by atoms with Gasteiger partial charge in [0.15, 0.2) is 0 Å². The summed E-state index contributed by atoms with van der Waals surface area (Å²) in [5, 5.41) is 0. The van der Waals surface area contributed by atoms with Crippen LogP contribution in [0.2, 0.25) is 4.34 Å². The Bertz CT molecular complexity index is 936. The minimum atomic E-state index is -3.18. The summed E-state index contributed by atoms with van der Waals surface area (Å²) in [7, 11) is -3.18. The summed E-state index contributed by atoms with van der Waals surface area (Å²) < 4.78 is 26.1. The molecule has 0 aliphatic carbocycles. The van der Waals surface area contributed by atoms with Crippen LogP contribution in [0, 0.1) is 0 Å². The zero-order chi connectivity index (χ0) is 19.4. The first-order valence-corrected chi connectivity index (χ1v) is 11.5. The fourth-order valence-corrected chi connectivity index (χ4v) is 5.59. The number of hydrogen-bond donors (Lipinski definition) is 0. The molecule has 1 aromatic carbocycles. The molecule has 0 saturated carbocycles. The molecule has 0 N–H and O–H groups in total. The van der Waals surface area contributed by atoms with E-state index < -0.39 is 10.0 Å². The van der Waals surface area contributed by atoms with Crippen LogP contribution >= 0.6 is 22.9 Å². The fourth-order valence-electron chi connectivity index (χ4n) is 2.92. The Labute approximate surface area is 168 Å².